The van der Waals surface area contributed by atoms with Crippen LogP contribution in [0.3, 0.4) is 0 Å². The van der Waals surface area contributed by atoms with Gasteiger partial charge in [-0.15, -0.1) is 0 Å². The number of anilines is 1. The van der Waals surface area contributed by atoms with Crippen LogP contribution >= 0.6 is 11.6 Å². The smallest absolute Gasteiger partial charge is 0.321 e. The molecule has 0 atom stereocenters. The minimum absolute atomic E-state index is 0.0225. The predicted octanol–water partition coefficient (Wildman–Crippen LogP) is 4.56. The fourth-order valence-electron chi connectivity index (χ4n) is 3.70. The van der Waals surface area contributed by atoms with Crippen LogP contribution in [0.4, 0.5) is 10.5 Å². The molecule has 1 heterocycles. The number of amides is 3. The Morgan fingerprint density at radius 2 is 1.52 bits per heavy atom. The Morgan fingerprint density at radius 1 is 0.903 bits per heavy atom. The molecule has 166 valence electrons. The molecule has 0 aliphatic carbocycles. The minimum Gasteiger partial charge on any atom is -0.337 e. The lowest BCUT2D eigenvalue weighted by Crippen LogP contribution is -2.39. The maximum atomic E-state index is 13.0. The van der Waals surface area contributed by atoms with Gasteiger partial charge in [0.25, 0.3) is 5.91 Å². The van der Waals surface area contributed by atoms with Crippen LogP contribution in [-0.4, -0.2) is 65.9 Å². The van der Waals surface area contributed by atoms with Crippen molar-refractivity contribution in [2.24, 2.45) is 0 Å². The molecule has 0 saturated carbocycles. The third-order valence-electron chi connectivity index (χ3n) is 5.67. The van der Waals surface area contributed by atoms with Gasteiger partial charge in [-0.25, -0.2) is 4.79 Å². The Bertz CT molecular complexity index is 866. The summed E-state index contributed by atoms with van der Waals surface area (Å²) in [6, 6.07) is 14.8. The standard InChI is InChI=1S/C24H31ClN4O2/c1-3-27(4-2)18-19-6-8-20(9-7-19)23(30)28-14-5-15-29(17-16-28)24(31)26-22-12-10-21(25)11-13-22/h6-13H,3-5,14-18H2,1-2H3,(H,26,31). The molecule has 0 radical (unpaired) electrons. The first-order valence-electron chi connectivity index (χ1n) is 10.9. The topological polar surface area (TPSA) is 55.9 Å². The molecule has 7 heteroatoms. The van der Waals surface area contributed by atoms with Gasteiger partial charge in [0.1, 0.15) is 0 Å². The molecule has 1 N–H and O–H groups in total. The van der Waals surface area contributed by atoms with E-state index in [1.54, 1.807) is 29.2 Å². The second-order valence-electron chi connectivity index (χ2n) is 7.73. The third-order valence-corrected chi connectivity index (χ3v) is 5.92. The second-order valence-corrected chi connectivity index (χ2v) is 8.16. The van der Waals surface area contributed by atoms with E-state index in [9.17, 15) is 9.59 Å². The summed E-state index contributed by atoms with van der Waals surface area (Å²) in [7, 11) is 0. The summed E-state index contributed by atoms with van der Waals surface area (Å²) in [6.07, 6.45) is 0.750. The molecule has 3 amide bonds. The van der Waals surface area contributed by atoms with Crippen LogP contribution in [0.25, 0.3) is 0 Å². The highest BCUT2D eigenvalue weighted by Gasteiger charge is 2.23. The highest BCUT2D eigenvalue weighted by atomic mass is 35.5. The zero-order valence-electron chi connectivity index (χ0n) is 18.3. The molecule has 0 unspecified atom stereocenters. The molecule has 0 spiro atoms. The Hall–Kier alpha value is -2.57. The van der Waals surface area contributed by atoms with E-state index in [0.717, 1.165) is 26.1 Å². The normalized spacial score (nSPS) is 14.5. The number of rotatable bonds is 6. The van der Waals surface area contributed by atoms with Gasteiger partial charge in [-0.2, -0.15) is 0 Å². The van der Waals surface area contributed by atoms with Crippen molar-refractivity contribution < 1.29 is 9.59 Å². The van der Waals surface area contributed by atoms with Gasteiger partial charge >= 0.3 is 6.03 Å². The summed E-state index contributed by atoms with van der Waals surface area (Å²) in [5, 5.41) is 3.52. The Balaban J connectivity index is 1.55. The van der Waals surface area contributed by atoms with Crippen molar-refractivity contribution in [2.75, 3.05) is 44.6 Å². The van der Waals surface area contributed by atoms with E-state index in [0.29, 0.717) is 42.5 Å². The second kappa shape index (κ2) is 11.2. The number of hydrogen-bond donors (Lipinski definition) is 1. The van der Waals surface area contributed by atoms with E-state index in [2.05, 4.69) is 24.1 Å². The zero-order chi connectivity index (χ0) is 22.2. The summed E-state index contributed by atoms with van der Waals surface area (Å²) in [5.74, 6) is 0.0225. The number of hydrogen-bond acceptors (Lipinski definition) is 3. The number of carbonyl (C=O) groups is 2. The van der Waals surface area contributed by atoms with Crippen LogP contribution in [0.5, 0.6) is 0 Å². The van der Waals surface area contributed by atoms with Crippen molar-refractivity contribution in [2.45, 2.75) is 26.8 Å². The molecule has 0 aromatic heterocycles. The summed E-state index contributed by atoms with van der Waals surface area (Å²) in [6.45, 7) is 9.50. The quantitative estimate of drug-likeness (QED) is 0.713. The molecule has 31 heavy (non-hydrogen) atoms. The third kappa shape index (κ3) is 6.45. The van der Waals surface area contributed by atoms with Crippen LogP contribution < -0.4 is 5.32 Å². The van der Waals surface area contributed by atoms with Crippen molar-refractivity contribution in [3.63, 3.8) is 0 Å². The molecule has 1 fully saturated rings. The largest absolute Gasteiger partial charge is 0.337 e. The molecule has 1 aliphatic rings. The van der Waals surface area contributed by atoms with Gasteiger partial charge in [0.2, 0.25) is 0 Å². The molecule has 2 aromatic rings. The number of nitrogens with one attached hydrogen (secondary N) is 1. The maximum absolute atomic E-state index is 13.0. The average molecular weight is 443 g/mol. The minimum atomic E-state index is -0.155. The molecule has 1 saturated heterocycles. The predicted molar refractivity (Wildman–Crippen MR) is 126 cm³/mol. The molecule has 0 bridgehead atoms. The van der Waals surface area contributed by atoms with Gasteiger partial charge in [-0.3, -0.25) is 9.69 Å². The SMILES string of the molecule is CCN(CC)Cc1ccc(C(=O)N2CCCN(C(=O)Nc3ccc(Cl)cc3)CC2)cc1. The van der Waals surface area contributed by atoms with Gasteiger partial charge < -0.3 is 15.1 Å². The van der Waals surface area contributed by atoms with Crippen molar-refractivity contribution in [3.8, 4) is 0 Å². The van der Waals surface area contributed by atoms with Crippen molar-refractivity contribution in [3.05, 3.63) is 64.7 Å². The Morgan fingerprint density at radius 3 is 2.16 bits per heavy atom. The molecule has 2 aromatic carbocycles. The number of halogens is 1. The first kappa shape index (κ1) is 23.1. The van der Waals surface area contributed by atoms with Crippen molar-refractivity contribution in [1.82, 2.24) is 14.7 Å². The monoisotopic (exact) mass is 442 g/mol. The van der Waals surface area contributed by atoms with Gasteiger partial charge in [0.15, 0.2) is 0 Å². The van der Waals surface area contributed by atoms with Gasteiger partial charge in [0, 0.05) is 49.0 Å². The number of urea groups is 1. The number of nitrogens with zero attached hydrogens (tertiary/aromatic N) is 3. The first-order chi connectivity index (χ1) is 15.0. The van der Waals surface area contributed by atoms with Crippen LogP contribution in [0, 0.1) is 0 Å². The zero-order valence-corrected chi connectivity index (χ0v) is 19.1. The van der Waals surface area contributed by atoms with E-state index in [-0.39, 0.29) is 11.9 Å². The van der Waals surface area contributed by atoms with Crippen LogP contribution in [0.15, 0.2) is 48.5 Å². The summed E-state index contributed by atoms with van der Waals surface area (Å²) >= 11 is 5.90. The summed E-state index contributed by atoms with van der Waals surface area (Å²) < 4.78 is 0. The lowest BCUT2D eigenvalue weighted by molar-refractivity contribution is 0.0762. The average Bonchev–Trinajstić information content (AvgIpc) is 3.05. The van der Waals surface area contributed by atoms with E-state index in [1.807, 2.05) is 29.2 Å². The fourth-order valence-corrected chi connectivity index (χ4v) is 3.83. The van der Waals surface area contributed by atoms with Crippen LogP contribution in [0.1, 0.15) is 36.2 Å². The molecule has 1 aliphatic heterocycles. The maximum Gasteiger partial charge on any atom is 0.321 e. The fraction of sp³-hybridized carbons (Fsp3) is 0.417. The van der Waals surface area contributed by atoms with Crippen molar-refractivity contribution in [1.29, 1.82) is 0 Å². The summed E-state index contributed by atoms with van der Waals surface area (Å²) in [5.41, 5.74) is 2.61. The molecular weight excluding hydrogens is 412 g/mol. The first-order valence-corrected chi connectivity index (χ1v) is 11.3. The van der Waals surface area contributed by atoms with E-state index >= 15 is 0 Å². The lowest BCUT2D eigenvalue weighted by Gasteiger charge is -2.23. The molecule has 3 rings (SSSR count). The van der Waals surface area contributed by atoms with Crippen molar-refractivity contribution >= 4 is 29.2 Å². The highest BCUT2D eigenvalue weighted by molar-refractivity contribution is 6.30. The van der Waals surface area contributed by atoms with Crippen LogP contribution in [-0.2, 0) is 6.54 Å². The van der Waals surface area contributed by atoms with E-state index in [1.165, 1.54) is 5.56 Å². The molecule has 6 nitrogen and oxygen atoms in total. The van der Waals surface area contributed by atoms with Crippen LogP contribution in [0.2, 0.25) is 5.02 Å². The van der Waals surface area contributed by atoms with E-state index in [4.69, 9.17) is 11.6 Å². The Labute approximate surface area is 189 Å². The van der Waals surface area contributed by atoms with Gasteiger partial charge in [-0.05, 0) is 61.5 Å². The molecular formula is C24H31ClN4O2. The van der Waals surface area contributed by atoms with E-state index < -0.39 is 0 Å². The lowest BCUT2D eigenvalue weighted by atomic mass is 10.1. The number of carbonyl (C=O) groups excluding carboxylic acids is 2. The highest BCUT2D eigenvalue weighted by Crippen LogP contribution is 2.16. The van der Waals surface area contributed by atoms with Gasteiger partial charge in [-0.1, -0.05) is 37.6 Å². The van der Waals surface area contributed by atoms with Gasteiger partial charge in [0.05, 0.1) is 0 Å². The Kier molecular flexibility index (Phi) is 8.32. The summed E-state index contributed by atoms with van der Waals surface area (Å²) in [4.78, 5) is 31.5. The number of benzene rings is 2.